The molecule has 0 saturated heterocycles. The third-order valence-corrected chi connectivity index (χ3v) is 3.42. The molecule has 0 N–H and O–H groups in total. The summed E-state index contributed by atoms with van der Waals surface area (Å²) in [6, 6.07) is 15.7. The number of rotatable bonds is 1. The number of halogens is 3. The van der Waals surface area contributed by atoms with Crippen LogP contribution in [-0.2, 0) is 17.9 Å². The molecular formula is C20H17ClF2IrN. The van der Waals surface area contributed by atoms with Crippen molar-refractivity contribution in [2.24, 2.45) is 0 Å². The zero-order valence-electron chi connectivity index (χ0n) is 13.8. The Bertz CT molecular complexity index is 775. The number of hydrogen-bond donors (Lipinski definition) is 0. The van der Waals surface area contributed by atoms with Crippen LogP contribution < -0.4 is 0 Å². The first-order valence-corrected chi connectivity index (χ1v) is 10.2. The summed E-state index contributed by atoms with van der Waals surface area (Å²) in [5.41, 5.74) is 4.35. The van der Waals surface area contributed by atoms with Gasteiger partial charge >= 0.3 is 27.5 Å². The third-order valence-electron chi connectivity index (χ3n) is 3.42. The van der Waals surface area contributed by atoms with Crippen LogP contribution in [0.15, 0.2) is 54.7 Å². The van der Waals surface area contributed by atoms with Crippen molar-refractivity contribution in [1.82, 2.24) is 4.98 Å². The normalized spacial score (nSPS) is 9.36. The minimum atomic E-state index is -0.649. The first-order valence-electron chi connectivity index (χ1n) is 7.28. The monoisotopic (exact) mass is 537 g/mol. The van der Waals surface area contributed by atoms with E-state index >= 15 is 0 Å². The van der Waals surface area contributed by atoms with Crippen LogP contribution >= 0.6 is 9.58 Å². The molecule has 0 bridgehead atoms. The van der Waals surface area contributed by atoms with Crippen molar-refractivity contribution >= 4 is 9.58 Å². The van der Waals surface area contributed by atoms with Crippen LogP contribution in [0.3, 0.4) is 0 Å². The van der Waals surface area contributed by atoms with Crippen LogP contribution in [0.1, 0.15) is 16.7 Å². The summed E-state index contributed by atoms with van der Waals surface area (Å²) in [5, 5.41) is 0. The number of benzene rings is 2. The quantitative estimate of drug-likeness (QED) is 0.348. The van der Waals surface area contributed by atoms with Gasteiger partial charge < -0.3 is 4.98 Å². The molecule has 0 radical (unpaired) electrons. The van der Waals surface area contributed by atoms with Gasteiger partial charge in [-0.2, -0.15) is 23.6 Å². The van der Waals surface area contributed by atoms with E-state index in [1.807, 2.05) is 0 Å². The van der Waals surface area contributed by atoms with E-state index < -0.39 is 11.6 Å². The van der Waals surface area contributed by atoms with Crippen LogP contribution in [0.4, 0.5) is 8.78 Å². The van der Waals surface area contributed by atoms with Gasteiger partial charge in [-0.15, -0.1) is 24.3 Å². The van der Waals surface area contributed by atoms with Gasteiger partial charge in [-0.1, -0.05) is 43.7 Å². The summed E-state index contributed by atoms with van der Waals surface area (Å²) in [6.45, 7) is 8.08. The molecule has 0 amide bonds. The zero-order valence-corrected chi connectivity index (χ0v) is 17.0. The SMILES string of the molecule is Fc1c[c-]c(-c2ccccn2)c(F)c1.[CH2-]c1c(C)cccc1C.[Cl][Ir+2]. The average Bonchev–Trinajstić information content (AvgIpc) is 2.63. The number of aryl methyl sites for hydroxylation is 2. The Morgan fingerprint density at radius 1 is 1.04 bits per heavy atom. The molecule has 1 heterocycles. The van der Waals surface area contributed by atoms with Gasteiger partial charge in [-0.25, -0.2) is 0 Å². The summed E-state index contributed by atoms with van der Waals surface area (Å²) in [7, 11) is 4.64. The molecule has 0 atom stereocenters. The Balaban J connectivity index is 0.000000246. The van der Waals surface area contributed by atoms with Gasteiger partial charge in [0.1, 0.15) is 0 Å². The molecule has 132 valence electrons. The van der Waals surface area contributed by atoms with Crippen molar-refractivity contribution in [2.45, 2.75) is 13.8 Å². The molecule has 5 heteroatoms. The summed E-state index contributed by atoms with van der Waals surface area (Å²) < 4.78 is 25.8. The fourth-order valence-electron chi connectivity index (χ4n) is 2.00. The van der Waals surface area contributed by atoms with Crippen molar-refractivity contribution in [3.8, 4) is 11.3 Å². The van der Waals surface area contributed by atoms with Gasteiger partial charge in [0, 0.05) is 17.8 Å². The topological polar surface area (TPSA) is 12.9 Å². The second kappa shape index (κ2) is 11.0. The van der Waals surface area contributed by atoms with Crippen molar-refractivity contribution < 1.29 is 26.7 Å². The summed E-state index contributed by atoms with van der Waals surface area (Å²) in [5.74, 6) is -1.29. The first kappa shape index (κ1) is 21.3. The zero-order chi connectivity index (χ0) is 18.8. The molecule has 0 fully saturated rings. The Morgan fingerprint density at radius 3 is 2.16 bits per heavy atom. The maximum absolute atomic E-state index is 13.2. The van der Waals surface area contributed by atoms with Crippen LogP contribution in [0.25, 0.3) is 11.3 Å². The standard InChI is InChI=1S/C11H6F2N.C9H11.ClH.Ir/c12-8-4-5-9(10(13)7-8)11-3-1-2-6-14-11;1-7-5-4-6-8(2)9(7)3;;/h1-4,6-7H;4-6H,3H2,1-2H3;1H;/q2*-1;;+3/p-1. The predicted octanol–water partition coefficient (Wildman–Crippen LogP) is 6.00. The second-order valence-electron chi connectivity index (χ2n) is 5.13. The Hall–Kier alpha value is -1.74. The van der Waals surface area contributed by atoms with E-state index in [2.05, 4.69) is 59.6 Å². The van der Waals surface area contributed by atoms with E-state index in [1.165, 1.54) is 29.0 Å². The first-order chi connectivity index (χ1) is 12.0. The summed E-state index contributed by atoms with van der Waals surface area (Å²) in [4.78, 5) is 3.95. The van der Waals surface area contributed by atoms with Gasteiger partial charge in [-0.3, -0.25) is 8.78 Å². The molecule has 1 aromatic heterocycles. The average molecular weight is 537 g/mol. The maximum atomic E-state index is 13.2. The van der Waals surface area contributed by atoms with Gasteiger partial charge in [0.05, 0.1) is 0 Å². The summed E-state index contributed by atoms with van der Waals surface area (Å²) >= 11 is 1.47. The van der Waals surface area contributed by atoms with E-state index in [0.29, 0.717) is 5.69 Å². The number of nitrogens with zero attached hydrogens (tertiary/aromatic N) is 1. The Morgan fingerprint density at radius 2 is 1.68 bits per heavy atom. The molecular weight excluding hydrogens is 520 g/mol. The molecule has 3 rings (SSSR count). The van der Waals surface area contributed by atoms with E-state index in [4.69, 9.17) is 0 Å². The molecule has 1 nitrogen and oxygen atoms in total. The van der Waals surface area contributed by atoms with E-state index in [1.54, 1.807) is 24.4 Å². The van der Waals surface area contributed by atoms with Gasteiger partial charge in [-0.05, 0) is 11.8 Å². The number of aromatic nitrogens is 1. The van der Waals surface area contributed by atoms with E-state index in [-0.39, 0.29) is 5.56 Å². The van der Waals surface area contributed by atoms with Gasteiger partial charge in [0.25, 0.3) is 0 Å². The summed E-state index contributed by atoms with van der Waals surface area (Å²) in [6.07, 6.45) is 1.55. The second-order valence-corrected chi connectivity index (χ2v) is 5.13. The van der Waals surface area contributed by atoms with Crippen LogP contribution in [-0.4, -0.2) is 4.98 Å². The molecule has 3 aromatic rings. The third kappa shape index (κ3) is 6.58. The van der Waals surface area contributed by atoms with Crippen LogP contribution in [0.2, 0.25) is 0 Å². The predicted molar refractivity (Wildman–Crippen MR) is 94.7 cm³/mol. The molecule has 0 saturated carbocycles. The Kier molecular flexibility index (Phi) is 9.36. The molecule has 0 spiro atoms. The molecule has 25 heavy (non-hydrogen) atoms. The van der Waals surface area contributed by atoms with Crippen LogP contribution in [0.5, 0.6) is 0 Å². The molecule has 0 aliphatic heterocycles. The van der Waals surface area contributed by atoms with E-state index in [9.17, 15) is 8.78 Å². The molecule has 0 aliphatic rings. The molecule has 0 unspecified atom stereocenters. The van der Waals surface area contributed by atoms with Crippen LogP contribution in [0, 0.1) is 38.5 Å². The van der Waals surface area contributed by atoms with Crippen molar-refractivity contribution in [2.75, 3.05) is 0 Å². The minimum absolute atomic E-state index is 0.187. The van der Waals surface area contributed by atoms with Gasteiger partial charge in [0.15, 0.2) is 0 Å². The van der Waals surface area contributed by atoms with Crippen molar-refractivity contribution in [1.29, 1.82) is 0 Å². The van der Waals surface area contributed by atoms with E-state index in [0.717, 1.165) is 17.7 Å². The van der Waals surface area contributed by atoms with Crippen molar-refractivity contribution in [3.05, 3.63) is 96.0 Å². The fraction of sp³-hybridized carbons (Fsp3) is 0.100. The van der Waals surface area contributed by atoms with Gasteiger partial charge in [0.2, 0.25) is 0 Å². The molecule has 2 aromatic carbocycles. The number of hydrogen-bond acceptors (Lipinski definition) is 1. The molecule has 0 aliphatic carbocycles. The fourth-order valence-corrected chi connectivity index (χ4v) is 2.00. The van der Waals surface area contributed by atoms with Crippen molar-refractivity contribution in [3.63, 3.8) is 0 Å². The Labute approximate surface area is 162 Å². The number of pyridine rings is 1.